The number of rotatable bonds is 7. The number of benzene rings is 2. The Morgan fingerprint density at radius 1 is 1.16 bits per heavy atom. The lowest BCUT2D eigenvalue weighted by atomic mass is 10.2. The molecule has 1 aliphatic rings. The second kappa shape index (κ2) is 8.28. The molecule has 6 nitrogen and oxygen atoms in total. The third-order valence-electron chi connectivity index (χ3n) is 3.88. The van der Waals surface area contributed by atoms with Crippen LogP contribution in [0.2, 0.25) is 0 Å². The Balaban J connectivity index is 1.42. The van der Waals surface area contributed by atoms with Crippen LogP contribution in [0.5, 0.6) is 17.2 Å². The molecule has 6 heteroatoms. The highest BCUT2D eigenvalue weighted by molar-refractivity contribution is 5.74. The van der Waals surface area contributed by atoms with Gasteiger partial charge in [-0.15, -0.1) is 0 Å². The van der Waals surface area contributed by atoms with Crippen molar-refractivity contribution in [2.75, 3.05) is 26.5 Å². The zero-order chi connectivity index (χ0) is 17.5. The first-order valence-electron chi connectivity index (χ1n) is 8.35. The fraction of sp³-hybridized carbons (Fsp3) is 0.316. The van der Waals surface area contributed by atoms with Crippen molar-refractivity contribution < 1.29 is 19.0 Å². The van der Waals surface area contributed by atoms with Gasteiger partial charge in [0.25, 0.3) is 0 Å². The topological polar surface area (TPSA) is 60.0 Å². The molecule has 2 aromatic carbocycles. The van der Waals surface area contributed by atoms with E-state index >= 15 is 0 Å². The summed E-state index contributed by atoms with van der Waals surface area (Å²) in [7, 11) is 0. The Bertz CT molecular complexity index is 706. The minimum Gasteiger partial charge on any atom is -0.492 e. The molecule has 3 rings (SSSR count). The predicted octanol–water partition coefficient (Wildman–Crippen LogP) is 3.03. The lowest BCUT2D eigenvalue weighted by Gasteiger charge is -2.21. The van der Waals surface area contributed by atoms with Crippen LogP contribution in [-0.2, 0) is 6.54 Å². The normalized spacial score (nSPS) is 11.9. The third-order valence-corrected chi connectivity index (χ3v) is 3.88. The second-order valence-electron chi connectivity index (χ2n) is 5.60. The molecule has 132 valence electrons. The molecule has 0 unspecified atom stereocenters. The molecule has 0 aliphatic carbocycles. The summed E-state index contributed by atoms with van der Waals surface area (Å²) in [4.78, 5) is 14.0. The summed E-state index contributed by atoms with van der Waals surface area (Å²) in [5.41, 5.74) is 1.11. The van der Waals surface area contributed by atoms with Gasteiger partial charge < -0.3 is 24.4 Å². The largest absolute Gasteiger partial charge is 0.492 e. The van der Waals surface area contributed by atoms with Crippen molar-refractivity contribution in [3.63, 3.8) is 0 Å². The first-order valence-corrected chi connectivity index (χ1v) is 8.35. The molecule has 1 heterocycles. The quantitative estimate of drug-likeness (QED) is 0.786. The number of nitrogens with zero attached hydrogens (tertiary/aromatic N) is 1. The van der Waals surface area contributed by atoms with Gasteiger partial charge in [-0.05, 0) is 24.6 Å². The van der Waals surface area contributed by atoms with E-state index in [1.807, 2.05) is 49.4 Å². The number of ether oxygens (including phenoxy) is 3. The molecule has 1 N–H and O–H groups in total. The van der Waals surface area contributed by atoms with Gasteiger partial charge >= 0.3 is 6.03 Å². The van der Waals surface area contributed by atoms with Gasteiger partial charge in [0.1, 0.15) is 12.4 Å². The first kappa shape index (κ1) is 17.0. The third kappa shape index (κ3) is 4.56. The van der Waals surface area contributed by atoms with E-state index in [0.717, 1.165) is 11.3 Å². The predicted molar refractivity (Wildman–Crippen MR) is 94.0 cm³/mol. The molecule has 0 saturated carbocycles. The summed E-state index contributed by atoms with van der Waals surface area (Å²) >= 11 is 0. The van der Waals surface area contributed by atoms with Crippen LogP contribution < -0.4 is 19.5 Å². The van der Waals surface area contributed by atoms with Crippen molar-refractivity contribution in [2.24, 2.45) is 0 Å². The van der Waals surface area contributed by atoms with E-state index in [4.69, 9.17) is 14.2 Å². The Morgan fingerprint density at radius 3 is 2.76 bits per heavy atom. The lowest BCUT2D eigenvalue weighted by Crippen LogP contribution is -2.40. The number of hydrogen-bond acceptors (Lipinski definition) is 4. The second-order valence-corrected chi connectivity index (χ2v) is 5.60. The number of urea groups is 1. The van der Waals surface area contributed by atoms with E-state index in [-0.39, 0.29) is 12.8 Å². The summed E-state index contributed by atoms with van der Waals surface area (Å²) in [6, 6.07) is 15.3. The minimum absolute atomic E-state index is 0.0966. The number of carbonyl (C=O) groups excluding carboxylic acids is 1. The summed E-state index contributed by atoms with van der Waals surface area (Å²) in [6.07, 6.45) is 0. The number of hydrogen-bond donors (Lipinski definition) is 1. The summed E-state index contributed by atoms with van der Waals surface area (Å²) in [6.45, 7) is 4.25. The molecule has 2 amide bonds. The van der Waals surface area contributed by atoms with Gasteiger partial charge in [-0.2, -0.15) is 0 Å². The smallest absolute Gasteiger partial charge is 0.317 e. The van der Waals surface area contributed by atoms with Crippen LogP contribution in [-0.4, -0.2) is 37.4 Å². The van der Waals surface area contributed by atoms with E-state index in [9.17, 15) is 4.79 Å². The maximum absolute atomic E-state index is 12.3. The number of fused-ring (bicyclic) bond motifs is 1. The van der Waals surface area contributed by atoms with Gasteiger partial charge in [0, 0.05) is 19.2 Å². The molecule has 0 atom stereocenters. The molecule has 2 aromatic rings. The number of carbonyl (C=O) groups is 1. The fourth-order valence-corrected chi connectivity index (χ4v) is 2.54. The average Bonchev–Trinajstić information content (AvgIpc) is 3.11. The van der Waals surface area contributed by atoms with Gasteiger partial charge in [0.15, 0.2) is 11.5 Å². The van der Waals surface area contributed by atoms with Crippen molar-refractivity contribution in [1.82, 2.24) is 10.2 Å². The van der Waals surface area contributed by atoms with Crippen LogP contribution in [0, 0.1) is 0 Å². The maximum atomic E-state index is 12.3. The summed E-state index contributed by atoms with van der Waals surface area (Å²) < 4.78 is 16.2. The SMILES string of the molecule is CCN(Cc1ccccc1)C(=O)NCCOc1ccc2c(c1)OCO2. The molecular weight excluding hydrogens is 320 g/mol. The Labute approximate surface area is 147 Å². The fourth-order valence-electron chi connectivity index (χ4n) is 2.54. The van der Waals surface area contributed by atoms with Crippen molar-refractivity contribution in [3.8, 4) is 17.2 Å². The minimum atomic E-state index is -0.0966. The lowest BCUT2D eigenvalue weighted by molar-refractivity contribution is 0.173. The zero-order valence-corrected chi connectivity index (χ0v) is 14.2. The Kier molecular flexibility index (Phi) is 5.61. The van der Waals surface area contributed by atoms with Gasteiger partial charge in [-0.1, -0.05) is 30.3 Å². The van der Waals surface area contributed by atoms with Crippen molar-refractivity contribution in [3.05, 3.63) is 54.1 Å². The molecule has 0 saturated heterocycles. The molecule has 0 fully saturated rings. The van der Waals surface area contributed by atoms with Crippen LogP contribution in [0.4, 0.5) is 4.79 Å². The summed E-state index contributed by atoms with van der Waals surface area (Å²) in [5, 5.41) is 2.88. The zero-order valence-electron chi connectivity index (χ0n) is 14.2. The van der Waals surface area contributed by atoms with Crippen LogP contribution >= 0.6 is 0 Å². The van der Waals surface area contributed by atoms with Gasteiger partial charge in [0.2, 0.25) is 6.79 Å². The highest BCUT2D eigenvalue weighted by Crippen LogP contribution is 2.34. The Hall–Kier alpha value is -2.89. The van der Waals surface area contributed by atoms with Crippen LogP contribution in [0.15, 0.2) is 48.5 Å². The van der Waals surface area contributed by atoms with E-state index < -0.39 is 0 Å². The van der Waals surface area contributed by atoms with Gasteiger partial charge in [-0.25, -0.2) is 4.79 Å². The van der Waals surface area contributed by atoms with E-state index in [2.05, 4.69) is 5.32 Å². The highest BCUT2D eigenvalue weighted by Gasteiger charge is 2.14. The van der Waals surface area contributed by atoms with Crippen LogP contribution in [0.25, 0.3) is 0 Å². The van der Waals surface area contributed by atoms with Gasteiger partial charge in [0.05, 0.1) is 6.54 Å². The maximum Gasteiger partial charge on any atom is 0.317 e. The molecule has 0 radical (unpaired) electrons. The van der Waals surface area contributed by atoms with Crippen LogP contribution in [0.3, 0.4) is 0 Å². The molecule has 0 bridgehead atoms. The average molecular weight is 342 g/mol. The highest BCUT2D eigenvalue weighted by atomic mass is 16.7. The van der Waals surface area contributed by atoms with Gasteiger partial charge in [-0.3, -0.25) is 0 Å². The van der Waals surface area contributed by atoms with E-state index in [1.165, 1.54) is 0 Å². The molecule has 25 heavy (non-hydrogen) atoms. The standard InChI is InChI=1S/C19H22N2O4/c1-2-21(13-15-6-4-3-5-7-15)19(22)20-10-11-23-16-8-9-17-18(12-16)25-14-24-17/h3-9,12H,2,10-11,13-14H2,1H3,(H,20,22). The van der Waals surface area contributed by atoms with E-state index in [1.54, 1.807) is 11.0 Å². The monoisotopic (exact) mass is 342 g/mol. The van der Waals surface area contributed by atoms with Crippen molar-refractivity contribution in [2.45, 2.75) is 13.5 Å². The first-order chi connectivity index (χ1) is 12.3. The van der Waals surface area contributed by atoms with Crippen molar-refractivity contribution in [1.29, 1.82) is 0 Å². The molecule has 1 aliphatic heterocycles. The molecular formula is C19H22N2O4. The van der Waals surface area contributed by atoms with E-state index in [0.29, 0.717) is 37.7 Å². The van der Waals surface area contributed by atoms with Crippen molar-refractivity contribution >= 4 is 6.03 Å². The number of amides is 2. The van der Waals surface area contributed by atoms with Crippen LogP contribution in [0.1, 0.15) is 12.5 Å². The summed E-state index contributed by atoms with van der Waals surface area (Å²) in [5.74, 6) is 2.09. The number of nitrogens with one attached hydrogen (secondary N) is 1. The molecule has 0 aromatic heterocycles. The Morgan fingerprint density at radius 2 is 1.96 bits per heavy atom. The molecule has 0 spiro atoms.